The molecule has 0 aliphatic heterocycles. The first-order chi connectivity index (χ1) is 6.65. The van der Waals surface area contributed by atoms with Crippen molar-refractivity contribution in [2.45, 2.75) is 18.4 Å². The van der Waals surface area contributed by atoms with E-state index in [-0.39, 0.29) is 11.5 Å². The van der Waals surface area contributed by atoms with E-state index in [1.54, 1.807) is 7.11 Å². The summed E-state index contributed by atoms with van der Waals surface area (Å²) >= 11 is 12.1. The third-order valence-electron chi connectivity index (χ3n) is 1.93. The lowest BCUT2D eigenvalue weighted by molar-refractivity contribution is 0.0398. The molecule has 0 radical (unpaired) electrons. The third kappa shape index (κ3) is 3.28. The van der Waals surface area contributed by atoms with Gasteiger partial charge in [-0.05, 0) is 13.0 Å². The van der Waals surface area contributed by atoms with Crippen molar-refractivity contribution in [3.05, 3.63) is 22.8 Å². The molecule has 4 heteroatoms. The smallest absolute Gasteiger partial charge is 0.113 e. The molecule has 0 heterocycles. The molecule has 2 nitrogen and oxygen atoms in total. The normalized spacial score (nSPS) is 27.1. The average Bonchev–Trinajstić information content (AvgIpc) is 2.09. The molecule has 1 aliphatic carbocycles. The zero-order valence-corrected chi connectivity index (χ0v) is 9.81. The molecule has 2 unspecified atom stereocenters. The molecule has 0 spiro atoms. The Bertz CT molecular complexity index is 249. The topological polar surface area (TPSA) is 18.5 Å². The van der Waals surface area contributed by atoms with Crippen molar-refractivity contribution in [2.24, 2.45) is 0 Å². The van der Waals surface area contributed by atoms with Gasteiger partial charge in [0.2, 0.25) is 0 Å². The number of allylic oxidation sites excluding steroid dienone is 2. The molecule has 0 aromatic rings. The van der Waals surface area contributed by atoms with Crippen molar-refractivity contribution < 1.29 is 9.47 Å². The Morgan fingerprint density at radius 2 is 2.14 bits per heavy atom. The van der Waals surface area contributed by atoms with Crippen molar-refractivity contribution in [3.63, 3.8) is 0 Å². The fourth-order valence-corrected chi connectivity index (χ4v) is 2.11. The van der Waals surface area contributed by atoms with Crippen LogP contribution in [0.1, 0.15) is 6.92 Å². The van der Waals surface area contributed by atoms with E-state index in [4.69, 9.17) is 32.7 Å². The Balaban J connectivity index is 2.49. The van der Waals surface area contributed by atoms with E-state index >= 15 is 0 Å². The predicted molar refractivity (Wildman–Crippen MR) is 59.0 cm³/mol. The van der Waals surface area contributed by atoms with Crippen LogP contribution in [0.25, 0.3) is 0 Å². The maximum Gasteiger partial charge on any atom is 0.113 e. The van der Waals surface area contributed by atoms with Crippen LogP contribution in [0.3, 0.4) is 0 Å². The van der Waals surface area contributed by atoms with Crippen LogP contribution in [0.5, 0.6) is 0 Å². The highest BCUT2D eigenvalue weighted by atomic mass is 35.5. The molecule has 1 aliphatic rings. The highest BCUT2D eigenvalue weighted by Crippen LogP contribution is 2.27. The standard InChI is InChI=1S/C10H14Cl2O2/c1-7-5-8(11)10(9(12)6-7)14-4-3-13-2/h5-6,8,10H,3-4H2,1-2H3. The fourth-order valence-electron chi connectivity index (χ4n) is 1.27. The summed E-state index contributed by atoms with van der Waals surface area (Å²) in [6.07, 6.45) is 3.57. The van der Waals surface area contributed by atoms with Crippen LogP contribution in [0, 0.1) is 0 Å². The lowest BCUT2D eigenvalue weighted by Crippen LogP contribution is -2.27. The van der Waals surface area contributed by atoms with Crippen molar-refractivity contribution in [2.75, 3.05) is 20.3 Å². The average molecular weight is 237 g/mol. The lowest BCUT2D eigenvalue weighted by Gasteiger charge is -2.23. The Hall–Kier alpha value is -0.0200. The third-order valence-corrected chi connectivity index (χ3v) is 2.61. The van der Waals surface area contributed by atoms with E-state index in [0.717, 1.165) is 5.57 Å². The van der Waals surface area contributed by atoms with Gasteiger partial charge < -0.3 is 9.47 Å². The molecule has 0 N–H and O–H groups in total. The summed E-state index contributed by atoms with van der Waals surface area (Å²) in [5.41, 5.74) is 1.07. The maximum absolute atomic E-state index is 6.08. The molecule has 0 aromatic heterocycles. The van der Waals surface area contributed by atoms with Gasteiger partial charge in [-0.1, -0.05) is 23.3 Å². The molecule has 1 rings (SSSR count). The number of methoxy groups -OCH3 is 1. The van der Waals surface area contributed by atoms with Gasteiger partial charge in [0, 0.05) is 12.1 Å². The second-order valence-electron chi connectivity index (χ2n) is 3.17. The summed E-state index contributed by atoms with van der Waals surface area (Å²) in [5.74, 6) is 0. The molecule has 14 heavy (non-hydrogen) atoms. The molecular weight excluding hydrogens is 223 g/mol. The summed E-state index contributed by atoms with van der Waals surface area (Å²) in [4.78, 5) is 0. The fraction of sp³-hybridized carbons (Fsp3) is 0.600. The van der Waals surface area contributed by atoms with E-state index < -0.39 is 0 Å². The zero-order chi connectivity index (χ0) is 10.6. The summed E-state index contributed by atoms with van der Waals surface area (Å²) in [6, 6.07) is 0. The largest absolute Gasteiger partial charge is 0.382 e. The molecule has 2 atom stereocenters. The van der Waals surface area contributed by atoms with E-state index in [1.807, 2.05) is 19.1 Å². The molecule has 0 aromatic carbocycles. The van der Waals surface area contributed by atoms with Gasteiger partial charge in [-0.15, -0.1) is 11.6 Å². The van der Waals surface area contributed by atoms with E-state index in [2.05, 4.69) is 0 Å². The second-order valence-corrected chi connectivity index (χ2v) is 4.11. The SMILES string of the molecule is COCCOC1C(Cl)=CC(C)=CC1Cl. The molecule has 0 saturated carbocycles. The summed E-state index contributed by atoms with van der Waals surface area (Å²) in [7, 11) is 1.63. The van der Waals surface area contributed by atoms with E-state index in [9.17, 15) is 0 Å². The van der Waals surface area contributed by atoms with Crippen molar-refractivity contribution in [1.29, 1.82) is 0 Å². The van der Waals surface area contributed by atoms with Crippen LogP contribution in [0.2, 0.25) is 0 Å². The number of alkyl halides is 1. The maximum atomic E-state index is 6.08. The quantitative estimate of drug-likeness (QED) is 0.552. The van der Waals surface area contributed by atoms with Gasteiger partial charge in [0.1, 0.15) is 6.10 Å². The molecule has 0 bridgehead atoms. The van der Waals surface area contributed by atoms with E-state index in [1.165, 1.54) is 0 Å². The second kappa shape index (κ2) is 5.76. The van der Waals surface area contributed by atoms with Crippen molar-refractivity contribution >= 4 is 23.2 Å². The first-order valence-electron chi connectivity index (χ1n) is 4.45. The molecule has 80 valence electrons. The van der Waals surface area contributed by atoms with Gasteiger partial charge in [-0.3, -0.25) is 0 Å². The van der Waals surface area contributed by atoms with Crippen LogP contribution in [-0.2, 0) is 9.47 Å². The number of ether oxygens (including phenoxy) is 2. The van der Waals surface area contributed by atoms with Crippen LogP contribution >= 0.6 is 23.2 Å². The number of hydrogen-bond donors (Lipinski definition) is 0. The Kier molecular flexibility index (Phi) is 4.96. The van der Waals surface area contributed by atoms with Crippen molar-refractivity contribution in [3.8, 4) is 0 Å². The number of hydrogen-bond acceptors (Lipinski definition) is 2. The van der Waals surface area contributed by atoms with Gasteiger partial charge in [0.05, 0.1) is 18.6 Å². The van der Waals surface area contributed by atoms with E-state index in [0.29, 0.717) is 18.2 Å². The van der Waals surface area contributed by atoms with Crippen LogP contribution in [0.15, 0.2) is 22.8 Å². The highest BCUT2D eigenvalue weighted by molar-refractivity contribution is 6.32. The van der Waals surface area contributed by atoms with Gasteiger partial charge in [-0.2, -0.15) is 0 Å². The Morgan fingerprint density at radius 3 is 2.71 bits per heavy atom. The first-order valence-corrected chi connectivity index (χ1v) is 5.26. The van der Waals surface area contributed by atoms with Crippen LogP contribution < -0.4 is 0 Å². The number of rotatable bonds is 4. The summed E-state index contributed by atoms with van der Waals surface area (Å²) in [5, 5.41) is 0.463. The summed E-state index contributed by atoms with van der Waals surface area (Å²) in [6.45, 7) is 3.01. The lowest BCUT2D eigenvalue weighted by atomic mass is 10.1. The molecule has 0 fully saturated rings. The minimum Gasteiger partial charge on any atom is -0.382 e. The predicted octanol–water partition coefficient (Wildman–Crippen LogP) is 2.71. The van der Waals surface area contributed by atoms with Crippen LogP contribution in [-0.4, -0.2) is 31.8 Å². The van der Waals surface area contributed by atoms with Gasteiger partial charge in [0.15, 0.2) is 0 Å². The first kappa shape index (κ1) is 12.1. The summed E-state index contributed by atoms with van der Waals surface area (Å²) < 4.78 is 10.4. The Morgan fingerprint density at radius 1 is 1.43 bits per heavy atom. The monoisotopic (exact) mass is 236 g/mol. The molecule has 0 saturated heterocycles. The van der Waals surface area contributed by atoms with Crippen LogP contribution in [0.4, 0.5) is 0 Å². The number of halogens is 2. The highest BCUT2D eigenvalue weighted by Gasteiger charge is 2.24. The molecule has 0 amide bonds. The minimum atomic E-state index is -0.239. The molecular formula is C10H14Cl2O2. The zero-order valence-electron chi connectivity index (χ0n) is 8.30. The van der Waals surface area contributed by atoms with Gasteiger partial charge in [-0.25, -0.2) is 0 Å². The Labute approximate surface area is 94.5 Å². The van der Waals surface area contributed by atoms with Gasteiger partial charge in [0.25, 0.3) is 0 Å². The van der Waals surface area contributed by atoms with Crippen molar-refractivity contribution in [1.82, 2.24) is 0 Å². The minimum absolute atomic E-state index is 0.190. The van der Waals surface area contributed by atoms with Gasteiger partial charge >= 0.3 is 0 Å².